The number of hydrogen-bond donors (Lipinski definition) is 1. The van der Waals surface area contributed by atoms with E-state index in [2.05, 4.69) is 10.3 Å². The highest BCUT2D eigenvalue weighted by atomic mass is 35.5. The number of aromatic nitrogens is 2. The third kappa shape index (κ3) is 3.46. The van der Waals surface area contributed by atoms with E-state index in [4.69, 9.17) is 11.6 Å². The first-order valence-electron chi connectivity index (χ1n) is 7.50. The van der Waals surface area contributed by atoms with E-state index in [1.54, 1.807) is 12.4 Å². The largest absolute Gasteiger partial charge is 0.337 e. The monoisotopic (exact) mass is 372 g/mol. The smallest absolute Gasteiger partial charge is 0.219 e. The van der Waals surface area contributed by atoms with Crippen molar-refractivity contribution in [3.63, 3.8) is 0 Å². The van der Waals surface area contributed by atoms with Crippen LogP contribution in [0.5, 0.6) is 0 Å². The van der Waals surface area contributed by atoms with Gasteiger partial charge < -0.3 is 9.88 Å². The van der Waals surface area contributed by atoms with Gasteiger partial charge in [0.15, 0.2) is 0 Å². The number of aryl methyl sites for hydroxylation is 1. The van der Waals surface area contributed by atoms with Gasteiger partial charge in [-0.1, -0.05) is 17.7 Å². The molecule has 1 fully saturated rings. The molecule has 0 saturated carbocycles. The lowest BCUT2D eigenvalue weighted by atomic mass is 10.2. The molecule has 2 heterocycles. The first-order chi connectivity index (χ1) is 11.4. The Kier molecular flexibility index (Phi) is 4.91. The number of halogens is 2. The van der Waals surface area contributed by atoms with Crippen LogP contribution < -0.4 is 5.32 Å². The molecular weight excluding hydrogens is 355 g/mol. The molecule has 1 aromatic carbocycles. The minimum Gasteiger partial charge on any atom is -0.337 e. The molecule has 0 aliphatic carbocycles. The zero-order valence-corrected chi connectivity index (χ0v) is 14.7. The SMILES string of the molecule is Cn1ccnc1C1CNCCN1S(=O)(=O)Cc1ccc(F)c(Cl)c1. The number of hydrogen-bond acceptors (Lipinski definition) is 4. The van der Waals surface area contributed by atoms with Crippen molar-refractivity contribution in [2.75, 3.05) is 19.6 Å². The van der Waals surface area contributed by atoms with Crippen LogP contribution in [0.4, 0.5) is 4.39 Å². The second kappa shape index (κ2) is 6.79. The molecule has 1 unspecified atom stereocenters. The van der Waals surface area contributed by atoms with E-state index in [0.717, 1.165) is 0 Å². The summed E-state index contributed by atoms with van der Waals surface area (Å²) in [6.07, 6.45) is 3.43. The number of benzene rings is 1. The maximum atomic E-state index is 13.3. The van der Waals surface area contributed by atoms with E-state index in [1.807, 2.05) is 11.6 Å². The molecule has 2 aromatic rings. The second-order valence-electron chi connectivity index (χ2n) is 5.73. The lowest BCUT2D eigenvalue weighted by Gasteiger charge is -2.34. The van der Waals surface area contributed by atoms with Gasteiger partial charge in [0.05, 0.1) is 16.8 Å². The van der Waals surface area contributed by atoms with Crippen molar-refractivity contribution in [3.05, 3.63) is 52.8 Å². The average Bonchev–Trinajstić information content (AvgIpc) is 2.97. The standard InChI is InChI=1S/C15H18ClFN4O2S/c1-20-6-5-19-15(20)14-9-18-4-7-21(14)24(22,23)10-11-2-3-13(17)12(16)8-11/h2-3,5-6,8,14,18H,4,7,9-10H2,1H3. The third-order valence-electron chi connectivity index (χ3n) is 4.04. The summed E-state index contributed by atoms with van der Waals surface area (Å²) >= 11 is 5.75. The summed E-state index contributed by atoms with van der Waals surface area (Å²) < 4.78 is 42.3. The normalized spacial score (nSPS) is 19.5. The summed E-state index contributed by atoms with van der Waals surface area (Å²) in [5.74, 6) is -0.109. The van der Waals surface area contributed by atoms with Crippen LogP contribution in [0.1, 0.15) is 17.4 Å². The van der Waals surface area contributed by atoms with Crippen LogP contribution in [0.3, 0.4) is 0 Å². The van der Waals surface area contributed by atoms with Crippen molar-refractivity contribution in [2.45, 2.75) is 11.8 Å². The molecule has 1 N–H and O–H groups in total. The van der Waals surface area contributed by atoms with Crippen molar-refractivity contribution in [2.24, 2.45) is 7.05 Å². The van der Waals surface area contributed by atoms with E-state index in [9.17, 15) is 12.8 Å². The summed E-state index contributed by atoms with van der Waals surface area (Å²) in [6, 6.07) is 3.60. The summed E-state index contributed by atoms with van der Waals surface area (Å²) in [5.41, 5.74) is 0.457. The van der Waals surface area contributed by atoms with Crippen molar-refractivity contribution in [1.29, 1.82) is 0 Å². The fourth-order valence-corrected chi connectivity index (χ4v) is 4.76. The molecule has 0 spiro atoms. The molecule has 130 valence electrons. The number of imidazole rings is 1. The first kappa shape index (κ1) is 17.3. The molecule has 1 aliphatic heterocycles. The number of nitrogens with zero attached hydrogens (tertiary/aromatic N) is 3. The molecule has 1 saturated heterocycles. The van der Waals surface area contributed by atoms with Crippen LogP contribution in [0.25, 0.3) is 0 Å². The van der Waals surface area contributed by atoms with Crippen molar-refractivity contribution >= 4 is 21.6 Å². The van der Waals surface area contributed by atoms with Gasteiger partial charge in [-0.25, -0.2) is 17.8 Å². The quantitative estimate of drug-likeness (QED) is 0.886. The van der Waals surface area contributed by atoms with E-state index in [-0.39, 0.29) is 16.8 Å². The van der Waals surface area contributed by atoms with Gasteiger partial charge in [0.2, 0.25) is 10.0 Å². The van der Waals surface area contributed by atoms with Crippen LogP contribution in [0.15, 0.2) is 30.6 Å². The van der Waals surface area contributed by atoms with E-state index >= 15 is 0 Å². The highest BCUT2D eigenvalue weighted by Crippen LogP contribution is 2.26. The molecule has 0 radical (unpaired) electrons. The lowest BCUT2D eigenvalue weighted by molar-refractivity contribution is 0.258. The third-order valence-corrected chi connectivity index (χ3v) is 6.18. The predicted octanol–water partition coefficient (Wildman–Crippen LogP) is 1.69. The Balaban J connectivity index is 1.88. The molecule has 0 amide bonds. The predicted molar refractivity (Wildman–Crippen MR) is 89.6 cm³/mol. The van der Waals surface area contributed by atoms with Crippen LogP contribution in [-0.2, 0) is 22.8 Å². The van der Waals surface area contributed by atoms with Gasteiger partial charge in [0.1, 0.15) is 11.6 Å². The molecule has 1 atom stereocenters. The maximum Gasteiger partial charge on any atom is 0.219 e. The van der Waals surface area contributed by atoms with Crippen LogP contribution >= 0.6 is 11.6 Å². The maximum absolute atomic E-state index is 13.3. The van der Waals surface area contributed by atoms with Crippen LogP contribution in [-0.4, -0.2) is 41.9 Å². The Bertz CT molecular complexity index is 840. The first-order valence-corrected chi connectivity index (χ1v) is 9.48. The highest BCUT2D eigenvalue weighted by molar-refractivity contribution is 7.88. The molecule has 3 rings (SSSR count). The summed E-state index contributed by atoms with van der Waals surface area (Å²) in [4.78, 5) is 4.28. The Hall–Kier alpha value is -1.48. The molecule has 1 aliphatic rings. The second-order valence-corrected chi connectivity index (χ2v) is 8.06. The van der Waals surface area contributed by atoms with Gasteiger partial charge in [-0.3, -0.25) is 0 Å². The number of rotatable bonds is 4. The number of piperazine rings is 1. The molecule has 0 bridgehead atoms. The fourth-order valence-electron chi connectivity index (χ4n) is 2.86. The van der Waals surface area contributed by atoms with Gasteiger partial charge in [0, 0.05) is 39.1 Å². The Morgan fingerprint density at radius 1 is 1.46 bits per heavy atom. The Labute approximate surface area is 145 Å². The van der Waals surface area contributed by atoms with Gasteiger partial charge >= 0.3 is 0 Å². The summed E-state index contributed by atoms with van der Waals surface area (Å²) in [5, 5.41) is 3.12. The molecule has 6 nitrogen and oxygen atoms in total. The fraction of sp³-hybridized carbons (Fsp3) is 0.400. The molecule has 24 heavy (non-hydrogen) atoms. The zero-order valence-electron chi connectivity index (χ0n) is 13.1. The minimum atomic E-state index is -3.60. The van der Waals surface area contributed by atoms with Gasteiger partial charge in [-0.15, -0.1) is 0 Å². The molecule has 1 aromatic heterocycles. The minimum absolute atomic E-state index is 0.0799. The Morgan fingerprint density at radius 3 is 2.92 bits per heavy atom. The van der Waals surface area contributed by atoms with Gasteiger partial charge in [-0.05, 0) is 17.7 Å². The van der Waals surface area contributed by atoms with E-state index in [0.29, 0.717) is 31.0 Å². The van der Waals surface area contributed by atoms with Crippen LogP contribution in [0.2, 0.25) is 5.02 Å². The molecule has 9 heteroatoms. The number of nitrogens with one attached hydrogen (secondary N) is 1. The zero-order chi connectivity index (χ0) is 17.3. The average molecular weight is 373 g/mol. The van der Waals surface area contributed by atoms with Gasteiger partial charge in [-0.2, -0.15) is 4.31 Å². The van der Waals surface area contributed by atoms with E-state index in [1.165, 1.54) is 22.5 Å². The summed E-state index contributed by atoms with van der Waals surface area (Å²) in [6.45, 7) is 1.42. The van der Waals surface area contributed by atoms with Crippen molar-refractivity contribution < 1.29 is 12.8 Å². The summed E-state index contributed by atoms with van der Waals surface area (Å²) in [7, 11) is -1.76. The lowest BCUT2D eigenvalue weighted by Crippen LogP contribution is -2.49. The Morgan fingerprint density at radius 2 is 2.25 bits per heavy atom. The van der Waals surface area contributed by atoms with Crippen molar-refractivity contribution in [3.8, 4) is 0 Å². The van der Waals surface area contributed by atoms with E-state index < -0.39 is 15.8 Å². The topological polar surface area (TPSA) is 67.2 Å². The van der Waals surface area contributed by atoms with Crippen molar-refractivity contribution in [1.82, 2.24) is 19.2 Å². The van der Waals surface area contributed by atoms with Crippen LogP contribution in [0, 0.1) is 5.82 Å². The highest BCUT2D eigenvalue weighted by Gasteiger charge is 2.35. The molecular formula is C15H18ClFN4O2S. The van der Waals surface area contributed by atoms with Gasteiger partial charge in [0.25, 0.3) is 0 Å². The number of sulfonamides is 1.